The average molecular weight is 271 g/mol. The molecule has 0 fully saturated rings. The Hall–Kier alpha value is -0.450. The predicted octanol–water partition coefficient (Wildman–Crippen LogP) is 3.16. The summed E-state index contributed by atoms with van der Waals surface area (Å²) in [6, 6.07) is 0. The van der Waals surface area contributed by atoms with Crippen molar-refractivity contribution in [2.75, 3.05) is 7.11 Å². The van der Waals surface area contributed by atoms with E-state index in [9.17, 15) is 5.11 Å². The number of ether oxygens (including phenoxy) is 1. The van der Waals surface area contributed by atoms with Crippen molar-refractivity contribution in [3.63, 3.8) is 0 Å². The van der Waals surface area contributed by atoms with E-state index in [0.29, 0.717) is 6.42 Å². The zero-order chi connectivity index (χ0) is 14.0. The Morgan fingerprint density at radius 2 is 2.00 bits per heavy atom. The lowest BCUT2D eigenvalue weighted by molar-refractivity contribution is -0.0914. The summed E-state index contributed by atoms with van der Waals surface area (Å²) in [6.45, 7) is 10.4. The summed E-state index contributed by atoms with van der Waals surface area (Å²) < 4.78 is 5.42. The van der Waals surface area contributed by atoms with E-state index in [2.05, 4.69) is 31.1 Å². The molecule has 3 nitrogen and oxygen atoms in total. The number of aliphatic hydroxyl groups excluding tert-OH is 1. The van der Waals surface area contributed by atoms with Gasteiger partial charge in [0.15, 0.2) is 0 Å². The van der Waals surface area contributed by atoms with E-state index in [-0.39, 0.29) is 5.41 Å². The zero-order valence-electron chi connectivity index (χ0n) is 12.3. The van der Waals surface area contributed by atoms with Gasteiger partial charge >= 0.3 is 0 Å². The maximum Gasteiger partial charge on any atom is 0.0955 e. The fraction of sp³-hybridized carbons (Fsp3) is 0.786. The van der Waals surface area contributed by atoms with Crippen molar-refractivity contribution in [2.24, 2.45) is 0 Å². The van der Waals surface area contributed by atoms with Crippen molar-refractivity contribution in [3.8, 4) is 0 Å². The topological polar surface area (TPSA) is 42.4 Å². The molecule has 0 amide bonds. The predicted molar refractivity (Wildman–Crippen MR) is 76.2 cm³/mol. The largest absolute Gasteiger partial charge is 0.390 e. The van der Waals surface area contributed by atoms with Crippen LogP contribution in [-0.4, -0.2) is 28.9 Å². The maximum atomic E-state index is 10.3. The highest BCUT2D eigenvalue weighted by molar-refractivity contribution is 7.09. The van der Waals surface area contributed by atoms with Crippen LogP contribution in [0.15, 0.2) is 5.38 Å². The van der Waals surface area contributed by atoms with E-state index in [1.165, 1.54) is 0 Å². The standard InChI is InChI=1S/C14H25NO2S/c1-7-14(5,17-6)11(16)8-12-15-10(9-18-12)13(2,3)4/h9,11,16H,7-8H2,1-6H3. The molecule has 0 radical (unpaired) electrons. The van der Waals surface area contributed by atoms with Gasteiger partial charge in [-0.05, 0) is 13.3 Å². The molecule has 1 heterocycles. The monoisotopic (exact) mass is 271 g/mol. The van der Waals surface area contributed by atoms with E-state index < -0.39 is 11.7 Å². The first-order chi connectivity index (χ1) is 8.23. The number of rotatable bonds is 5. The summed E-state index contributed by atoms with van der Waals surface area (Å²) in [6.07, 6.45) is 0.813. The van der Waals surface area contributed by atoms with Crippen LogP contribution in [0.3, 0.4) is 0 Å². The second-order valence-corrected chi connectivity index (χ2v) is 6.91. The summed E-state index contributed by atoms with van der Waals surface area (Å²) in [4.78, 5) is 4.61. The normalized spacial score (nSPS) is 17.5. The van der Waals surface area contributed by atoms with Gasteiger partial charge in [-0.15, -0.1) is 11.3 Å². The van der Waals surface area contributed by atoms with Gasteiger partial charge in [0.05, 0.1) is 22.4 Å². The summed E-state index contributed by atoms with van der Waals surface area (Å²) in [5.74, 6) is 0. The molecule has 1 aromatic rings. The lowest BCUT2D eigenvalue weighted by Crippen LogP contribution is -2.42. The van der Waals surface area contributed by atoms with Gasteiger partial charge in [-0.1, -0.05) is 27.7 Å². The van der Waals surface area contributed by atoms with Gasteiger partial charge in [-0.2, -0.15) is 0 Å². The van der Waals surface area contributed by atoms with Gasteiger partial charge in [0.1, 0.15) is 0 Å². The second-order valence-electron chi connectivity index (χ2n) is 5.97. The first-order valence-corrected chi connectivity index (χ1v) is 7.29. The molecule has 2 atom stereocenters. The fourth-order valence-corrected chi connectivity index (χ4v) is 2.71. The van der Waals surface area contributed by atoms with Crippen LogP contribution in [0.25, 0.3) is 0 Å². The molecule has 104 valence electrons. The minimum atomic E-state index is -0.522. The highest BCUT2D eigenvalue weighted by atomic mass is 32.1. The van der Waals surface area contributed by atoms with E-state index in [4.69, 9.17) is 4.74 Å². The highest BCUT2D eigenvalue weighted by Gasteiger charge is 2.32. The third-order valence-electron chi connectivity index (χ3n) is 3.56. The minimum absolute atomic E-state index is 0.0645. The molecule has 0 aliphatic carbocycles. The molecule has 0 aliphatic heterocycles. The molecule has 1 aromatic heterocycles. The lowest BCUT2D eigenvalue weighted by Gasteiger charge is -2.31. The molecule has 0 spiro atoms. The Labute approximate surface area is 114 Å². The Morgan fingerprint density at radius 1 is 1.39 bits per heavy atom. The Kier molecular flexibility index (Phi) is 4.92. The van der Waals surface area contributed by atoms with Crippen LogP contribution in [-0.2, 0) is 16.6 Å². The van der Waals surface area contributed by atoms with Gasteiger partial charge in [0, 0.05) is 24.3 Å². The molecular weight excluding hydrogens is 246 g/mol. The van der Waals surface area contributed by atoms with Crippen LogP contribution in [0.4, 0.5) is 0 Å². The molecule has 0 bridgehead atoms. The Balaban J connectivity index is 2.77. The van der Waals surface area contributed by atoms with Crippen LogP contribution < -0.4 is 0 Å². The zero-order valence-corrected chi connectivity index (χ0v) is 13.1. The number of aliphatic hydroxyl groups is 1. The van der Waals surface area contributed by atoms with Crippen molar-refractivity contribution < 1.29 is 9.84 Å². The molecule has 1 N–H and O–H groups in total. The van der Waals surface area contributed by atoms with Crippen molar-refractivity contribution in [1.29, 1.82) is 0 Å². The smallest absolute Gasteiger partial charge is 0.0955 e. The molecule has 0 saturated carbocycles. The van der Waals surface area contributed by atoms with Crippen molar-refractivity contribution in [2.45, 2.75) is 64.6 Å². The van der Waals surface area contributed by atoms with Crippen LogP contribution in [0.5, 0.6) is 0 Å². The number of nitrogens with zero attached hydrogens (tertiary/aromatic N) is 1. The number of hydrogen-bond donors (Lipinski definition) is 1. The van der Waals surface area contributed by atoms with Crippen LogP contribution in [0.1, 0.15) is 51.7 Å². The van der Waals surface area contributed by atoms with Crippen molar-refractivity contribution in [1.82, 2.24) is 4.98 Å². The number of methoxy groups -OCH3 is 1. The summed E-state index contributed by atoms with van der Waals surface area (Å²) in [5, 5.41) is 13.3. The van der Waals surface area contributed by atoms with E-state index in [0.717, 1.165) is 17.1 Å². The van der Waals surface area contributed by atoms with Gasteiger partial charge in [0.2, 0.25) is 0 Å². The van der Waals surface area contributed by atoms with Gasteiger partial charge < -0.3 is 9.84 Å². The number of hydrogen-bond acceptors (Lipinski definition) is 4. The first kappa shape index (κ1) is 15.6. The highest BCUT2D eigenvalue weighted by Crippen LogP contribution is 2.27. The maximum absolute atomic E-state index is 10.3. The molecule has 0 saturated heterocycles. The molecule has 18 heavy (non-hydrogen) atoms. The Bertz CT molecular complexity index is 377. The van der Waals surface area contributed by atoms with E-state index in [1.54, 1.807) is 18.4 Å². The average Bonchev–Trinajstić information content (AvgIpc) is 2.76. The molecule has 2 unspecified atom stereocenters. The molecule has 0 aromatic carbocycles. The fourth-order valence-electron chi connectivity index (χ4n) is 1.65. The molecule has 4 heteroatoms. The van der Waals surface area contributed by atoms with E-state index in [1.807, 2.05) is 13.8 Å². The van der Waals surface area contributed by atoms with Crippen LogP contribution >= 0.6 is 11.3 Å². The van der Waals surface area contributed by atoms with E-state index >= 15 is 0 Å². The quantitative estimate of drug-likeness (QED) is 0.894. The van der Waals surface area contributed by atoms with Crippen LogP contribution in [0, 0.1) is 0 Å². The number of aromatic nitrogens is 1. The summed E-state index contributed by atoms with van der Waals surface area (Å²) >= 11 is 1.62. The van der Waals surface area contributed by atoms with Gasteiger partial charge in [0.25, 0.3) is 0 Å². The SMILES string of the molecule is CCC(C)(OC)C(O)Cc1nc(C(C)(C)C)cs1. The van der Waals surface area contributed by atoms with Crippen molar-refractivity contribution in [3.05, 3.63) is 16.1 Å². The second kappa shape index (κ2) is 5.68. The number of thiazole rings is 1. The van der Waals surface area contributed by atoms with Crippen LogP contribution in [0.2, 0.25) is 0 Å². The van der Waals surface area contributed by atoms with Gasteiger partial charge in [-0.25, -0.2) is 4.98 Å². The van der Waals surface area contributed by atoms with Crippen molar-refractivity contribution >= 4 is 11.3 Å². The molecular formula is C14H25NO2S. The third kappa shape index (κ3) is 3.53. The molecule has 0 aliphatic rings. The van der Waals surface area contributed by atoms with Gasteiger partial charge in [-0.3, -0.25) is 0 Å². The lowest BCUT2D eigenvalue weighted by atomic mass is 9.92. The first-order valence-electron chi connectivity index (χ1n) is 6.41. The Morgan fingerprint density at radius 3 is 2.39 bits per heavy atom. The summed E-state index contributed by atoms with van der Waals surface area (Å²) in [7, 11) is 1.65. The minimum Gasteiger partial charge on any atom is -0.390 e. The third-order valence-corrected chi connectivity index (χ3v) is 4.43. The summed E-state index contributed by atoms with van der Waals surface area (Å²) in [5.41, 5.74) is 0.660. The molecule has 1 rings (SSSR count).